The van der Waals surface area contributed by atoms with Crippen LogP contribution in [-0.4, -0.2) is 22.2 Å². The van der Waals surface area contributed by atoms with Gasteiger partial charge in [0.05, 0.1) is 5.56 Å². The van der Waals surface area contributed by atoms with Crippen molar-refractivity contribution in [3.05, 3.63) is 58.0 Å². The number of benzene rings is 1. The van der Waals surface area contributed by atoms with Crippen molar-refractivity contribution in [3.63, 3.8) is 0 Å². The van der Waals surface area contributed by atoms with Gasteiger partial charge in [0, 0.05) is 14.6 Å². The summed E-state index contributed by atoms with van der Waals surface area (Å²) in [4.78, 5) is 25.5. The quantitative estimate of drug-likeness (QED) is 0.676. The molecular formula is C18H14O4S2. The van der Waals surface area contributed by atoms with Gasteiger partial charge in [0.25, 0.3) is 0 Å². The van der Waals surface area contributed by atoms with Crippen LogP contribution in [0.2, 0.25) is 0 Å². The third-order valence-corrected chi connectivity index (χ3v) is 6.34. The van der Waals surface area contributed by atoms with Gasteiger partial charge >= 0.3 is 11.9 Å². The second-order valence-electron chi connectivity index (χ2n) is 5.35. The van der Waals surface area contributed by atoms with Crippen molar-refractivity contribution in [2.24, 2.45) is 0 Å². The molecule has 0 bridgehead atoms. The van der Waals surface area contributed by atoms with Crippen molar-refractivity contribution < 1.29 is 19.8 Å². The lowest BCUT2D eigenvalue weighted by molar-refractivity contribution is 0.0687. The first-order valence-electron chi connectivity index (χ1n) is 7.15. The molecular weight excluding hydrogens is 344 g/mol. The SMILES string of the molecule is Cc1c(C(=O)O)ccc(-c2ccc(-c3ccc(C(=O)O)s3)s2)c1C. The molecule has 3 rings (SSSR count). The molecule has 2 aromatic heterocycles. The van der Waals surface area contributed by atoms with E-state index in [9.17, 15) is 14.7 Å². The van der Waals surface area contributed by atoms with Gasteiger partial charge in [0.2, 0.25) is 0 Å². The van der Waals surface area contributed by atoms with Crippen molar-refractivity contribution in [1.82, 2.24) is 0 Å². The lowest BCUT2D eigenvalue weighted by Gasteiger charge is -2.09. The Balaban J connectivity index is 2.00. The maximum Gasteiger partial charge on any atom is 0.345 e. The Hall–Kier alpha value is -2.44. The second-order valence-corrected chi connectivity index (χ2v) is 7.52. The van der Waals surface area contributed by atoms with Crippen molar-refractivity contribution in [2.75, 3.05) is 0 Å². The maximum atomic E-state index is 11.2. The molecule has 4 nitrogen and oxygen atoms in total. The van der Waals surface area contributed by atoms with Gasteiger partial charge in [-0.15, -0.1) is 22.7 Å². The first-order chi connectivity index (χ1) is 11.4. The average molecular weight is 358 g/mol. The third-order valence-electron chi connectivity index (χ3n) is 3.95. The number of carboxylic acids is 2. The van der Waals surface area contributed by atoms with Gasteiger partial charge in [0.1, 0.15) is 4.88 Å². The summed E-state index contributed by atoms with van der Waals surface area (Å²) in [6.07, 6.45) is 0. The fraction of sp³-hybridized carbons (Fsp3) is 0.111. The number of rotatable bonds is 4. The molecule has 122 valence electrons. The standard InChI is InChI=1S/C18H14O4S2/c1-9-10(2)12(17(19)20)4-3-11(9)13-5-6-14(23-13)15-7-8-16(24-15)18(21)22/h3-8H,1-2H3,(H,19,20)(H,21,22). The largest absolute Gasteiger partial charge is 0.478 e. The molecule has 0 aliphatic heterocycles. The lowest BCUT2D eigenvalue weighted by Crippen LogP contribution is -2.01. The Kier molecular flexibility index (Phi) is 4.26. The normalized spacial score (nSPS) is 10.8. The Labute approximate surface area is 146 Å². The predicted molar refractivity (Wildman–Crippen MR) is 96.5 cm³/mol. The number of carbonyl (C=O) groups is 2. The molecule has 0 aliphatic rings. The number of aromatic carboxylic acids is 2. The van der Waals surface area contributed by atoms with Crippen LogP contribution in [0, 0.1) is 13.8 Å². The smallest absolute Gasteiger partial charge is 0.345 e. The van der Waals surface area contributed by atoms with E-state index in [1.807, 2.05) is 38.1 Å². The molecule has 0 spiro atoms. The Morgan fingerprint density at radius 3 is 2.00 bits per heavy atom. The Morgan fingerprint density at radius 2 is 1.38 bits per heavy atom. The highest BCUT2D eigenvalue weighted by molar-refractivity contribution is 7.24. The van der Waals surface area contributed by atoms with Crippen LogP contribution < -0.4 is 0 Å². The summed E-state index contributed by atoms with van der Waals surface area (Å²) in [5.74, 6) is -1.84. The summed E-state index contributed by atoms with van der Waals surface area (Å²) in [6, 6.07) is 10.8. The van der Waals surface area contributed by atoms with Crippen LogP contribution >= 0.6 is 22.7 Å². The van der Waals surface area contributed by atoms with Crippen LogP contribution in [0.4, 0.5) is 0 Å². The molecule has 0 amide bonds. The van der Waals surface area contributed by atoms with E-state index in [0.29, 0.717) is 10.4 Å². The molecule has 0 aliphatic carbocycles. The zero-order valence-electron chi connectivity index (χ0n) is 13.0. The monoisotopic (exact) mass is 358 g/mol. The van der Waals surface area contributed by atoms with Crippen LogP contribution in [0.5, 0.6) is 0 Å². The molecule has 0 atom stereocenters. The summed E-state index contributed by atoms with van der Waals surface area (Å²) in [7, 11) is 0. The predicted octanol–water partition coefficient (Wildman–Crippen LogP) is 5.16. The zero-order valence-corrected chi connectivity index (χ0v) is 14.6. The highest BCUT2D eigenvalue weighted by atomic mass is 32.1. The van der Waals surface area contributed by atoms with E-state index in [0.717, 1.165) is 31.3 Å². The molecule has 24 heavy (non-hydrogen) atoms. The first-order valence-corrected chi connectivity index (χ1v) is 8.79. The van der Waals surface area contributed by atoms with E-state index in [1.165, 1.54) is 11.3 Å². The van der Waals surface area contributed by atoms with E-state index in [2.05, 4.69) is 0 Å². The maximum absolute atomic E-state index is 11.2. The third kappa shape index (κ3) is 2.86. The van der Waals surface area contributed by atoms with Crippen LogP contribution in [0.25, 0.3) is 20.2 Å². The second kappa shape index (κ2) is 6.22. The van der Waals surface area contributed by atoms with Crippen molar-refractivity contribution in [2.45, 2.75) is 13.8 Å². The summed E-state index contributed by atoms with van der Waals surface area (Å²) in [5.41, 5.74) is 3.03. The lowest BCUT2D eigenvalue weighted by atomic mass is 9.97. The molecule has 1 aromatic carbocycles. The van der Waals surface area contributed by atoms with Gasteiger partial charge in [0.15, 0.2) is 0 Å². The van der Waals surface area contributed by atoms with E-state index in [1.54, 1.807) is 23.5 Å². The summed E-state index contributed by atoms with van der Waals surface area (Å²) in [6.45, 7) is 3.74. The van der Waals surface area contributed by atoms with E-state index in [4.69, 9.17) is 5.11 Å². The number of hydrogen-bond acceptors (Lipinski definition) is 4. The number of thiophene rings is 2. The number of hydrogen-bond donors (Lipinski definition) is 2. The van der Waals surface area contributed by atoms with E-state index < -0.39 is 11.9 Å². The van der Waals surface area contributed by atoms with Crippen molar-refractivity contribution in [3.8, 4) is 20.2 Å². The minimum Gasteiger partial charge on any atom is -0.478 e. The van der Waals surface area contributed by atoms with Crippen molar-refractivity contribution in [1.29, 1.82) is 0 Å². The number of carboxylic acid groups (broad SMARTS) is 2. The van der Waals surface area contributed by atoms with Gasteiger partial charge in [-0.25, -0.2) is 9.59 Å². The topological polar surface area (TPSA) is 74.6 Å². The average Bonchev–Trinajstić information content (AvgIpc) is 3.17. The summed E-state index contributed by atoms with van der Waals surface area (Å²) in [5, 5.41) is 18.2. The molecule has 0 unspecified atom stereocenters. The van der Waals surface area contributed by atoms with E-state index in [-0.39, 0.29) is 0 Å². The van der Waals surface area contributed by atoms with Crippen LogP contribution in [-0.2, 0) is 0 Å². The Bertz CT molecular complexity index is 950. The van der Waals surface area contributed by atoms with Crippen LogP contribution in [0.1, 0.15) is 31.2 Å². The molecule has 0 radical (unpaired) electrons. The molecule has 3 aromatic rings. The molecule has 2 N–H and O–H groups in total. The molecule has 6 heteroatoms. The van der Waals surface area contributed by atoms with Crippen molar-refractivity contribution >= 4 is 34.6 Å². The van der Waals surface area contributed by atoms with Crippen LogP contribution in [0.3, 0.4) is 0 Å². The van der Waals surface area contributed by atoms with E-state index >= 15 is 0 Å². The van der Waals surface area contributed by atoms with Gasteiger partial charge in [-0.2, -0.15) is 0 Å². The van der Waals surface area contributed by atoms with Gasteiger partial charge in [-0.05, 0) is 60.9 Å². The first kappa shape index (κ1) is 16.4. The fourth-order valence-corrected chi connectivity index (χ4v) is 4.54. The zero-order chi connectivity index (χ0) is 17.4. The molecule has 0 saturated heterocycles. The fourth-order valence-electron chi connectivity index (χ4n) is 2.52. The summed E-state index contributed by atoms with van der Waals surface area (Å²) >= 11 is 2.82. The Morgan fingerprint density at radius 1 is 0.750 bits per heavy atom. The minimum atomic E-state index is -0.922. The van der Waals surface area contributed by atoms with Gasteiger partial charge in [-0.1, -0.05) is 6.07 Å². The minimum absolute atomic E-state index is 0.317. The molecule has 2 heterocycles. The van der Waals surface area contributed by atoms with Gasteiger partial charge in [-0.3, -0.25) is 0 Å². The summed E-state index contributed by atoms with van der Waals surface area (Å²) < 4.78 is 0. The highest BCUT2D eigenvalue weighted by Crippen LogP contribution is 2.39. The molecule has 0 saturated carbocycles. The van der Waals surface area contributed by atoms with Gasteiger partial charge < -0.3 is 10.2 Å². The van der Waals surface area contributed by atoms with Crippen LogP contribution in [0.15, 0.2) is 36.4 Å². The molecule has 0 fully saturated rings. The highest BCUT2D eigenvalue weighted by Gasteiger charge is 2.15.